The summed E-state index contributed by atoms with van der Waals surface area (Å²) in [5, 5.41) is 3.88. The van der Waals surface area contributed by atoms with Crippen LogP contribution < -0.4 is 4.90 Å². The van der Waals surface area contributed by atoms with Gasteiger partial charge in [0.05, 0.1) is 23.3 Å². The van der Waals surface area contributed by atoms with E-state index in [4.69, 9.17) is 0 Å². The van der Waals surface area contributed by atoms with E-state index in [9.17, 15) is 14.0 Å². The Morgan fingerprint density at radius 2 is 2.04 bits per heavy atom. The van der Waals surface area contributed by atoms with Crippen LogP contribution in [0.2, 0.25) is 0 Å². The summed E-state index contributed by atoms with van der Waals surface area (Å²) in [6.07, 6.45) is 1.03. The summed E-state index contributed by atoms with van der Waals surface area (Å²) >= 11 is 1.54. The van der Waals surface area contributed by atoms with Crippen molar-refractivity contribution < 1.29 is 14.0 Å². The Bertz CT molecular complexity index is 762. The molecule has 0 saturated carbocycles. The second kappa shape index (κ2) is 5.45. The molecule has 23 heavy (non-hydrogen) atoms. The van der Waals surface area contributed by atoms with Crippen LogP contribution in [0.4, 0.5) is 10.1 Å². The van der Waals surface area contributed by atoms with Gasteiger partial charge in [-0.25, -0.2) is 4.39 Å². The van der Waals surface area contributed by atoms with Crippen molar-refractivity contribution in [1.29, 1.82) is 0 Å². The molecule has 2 fully saturated rings. The van der Waals surface area contributed by atoms with Crippen LogP contribution in [0.3, 0.4) is 0 Å². The summed E-state index contributed by atoms with van der Waals surface area (Å²) in [4.78, 5) is 28.5. The number of amides is 2. The zero-order chi connectivity index (χ0) is 16.0. The molecule has 0 unspecified atom stereocenters. The third-order valence-corrected chi connectivity index (χ3v) is 5.31. The third-order valence-electron chi connectivity index (χ3n) is 4.64. The standard InChI is InChI=1S/C17H15FN2O2S/c18-13-4-2-1-3-12(13)17(22)19-7-5-14-15(19)9-16(21)20(14)11-6-8-23-10-11/h1-4,6,8,10,14-15H,5,7,9H2/t14-,15+/m1/s1. The molecule has 3 heterocycles. The molecule has 0 radical (unpaired) electrons. The van der Waals surface area contributed by atoms with Crippen LogP contribution in [0.5, 0.6) is 0 Å². The maximum Gasteiger partial charge on any atom is 0.257 e. The van der Waals surface area contributed by atoms with Crippen molar-refractivity contribution in [2.75, 3.05) is 11.4 Å². The first kappa shape index (κ1) is 14.4. The lowest BCUT2D eigenvalue weighted by atomic mass is 10.1. The fourth-order valence-corrected chi connectivity index (χ4v) is 4.25. The van der Waals surface area contributed by atoms with E-state index >= 15 is 0 Å². The molecule has 0 aliphatic carbocycles. The Balaban J connectivity index is 1.61. The number of fused-ring (bicyclic) bond motifs is 1. The van der Waals surface area contributed by atoms with Crippen LogP contribution in [-0.2, 0) is 4.79 Å². The van der Waals surface area contributed by atoms with Crippen LogP contribution in [0, 0.1) is 5.82 Å². The van der Waals surface area contributed by atoms with Gasteiger partial charge in [-0.2, -0.15) is 11.3 Å². The molecule has 2 saturated heterocycles. The Hall–Kier alpha value is -2.21. The van der Waals surface area contributed by atoms with E-state index in [2.05, 4.69) is 0 Å². The van der Waals surface area contributed by atoms with E-state index in [0.29, 0.717) is 13.0 Å². The first-order valence-electron chi connectivity index (χ1n) is 7.56. The third kappa shape index (κ3) is 2.25. The van der Waals surface area contributed by atoms with Gasteiger partial charge < -0.3 is 9.80 Å². The first-order valence-corrected chi connectivity index (χ1v) is 8.51. The average molecular weight is 330 g/mol. The van der Waals surface area contributed by atoms with Crippen molar-refractivity contribution in [3.8, 4) is 0 Å². The number of thiophene rings is 1. The highest BCUT2D eigenvalue weighted by Gasteiger charge is 2.49. The van der Waals surface area contributed by atoms with E-state index < -0.39 is 5.82 Å². The molecule has 0 spiro atoms. The smallest absolute Gasteiger partial charge is 0.257 e. The normalized spacial score (nSPS) is 23.4. The molecular formula is C17H15FN2O2S. The van der Waals surface area contributed by atoms with E-state index in [1.54, 1.807) is 33.3 Å². The Morgan fingerprint density at radius 1 is 1.22 bits per heavy atom. The molecule has 2 amide bonds. The quantitative estimate of drug-likeness (QED) is 0.849. The highest BCUT2D eigenvalue weighted by molar-refractivity contribution is 7.08. The lowest BCUT2D eigenvalue weighted by molar-refractivity contribution is -0.117. The Kier molecular flexibility index (Phi) is 3.41. The van der Waals surface area contributed by atoms with Crippen molar-refractivity contribution in [2.45, 2.75) is 24.9 Å². The molecule has 0 N–H and O–H groups in total. The summed E-state index contributed by atoms with van der Waals surface area (Å²) in [5.41, 5.74) is 0.974. The predicted octanol–water partition coefficient (Wildman–Crippen LogP) is 2.91. The number of likely N-dealkylation sites (tertiary alicyclic amines) is 1. The summed E-state index contributed by atoms with van der Waals surface area (Å²) in [7, 11) is 0. The van der Waals surface area contributed by atoms with Gasteiger partial charge in [0.2, 0.25) is 5.91 Å². The SMILES string of the molecule is O=C(c1ccccc1F)N1CC[C@@H]2[C@@H]1CC(=O)N2c1ccsc1. The zero-order valence-corrected chi connectivity index (χ0v) is 13.1. The number of rotatable bonds is 2. The molecule has 2 aliphatic heterocycles. The largest absolute Gasteiger partial charge is 0.333 e. The van der Waals surface area contributed by atoms with Crippen LogP contribution in [-0.4, -0.2) is 35.3 Å². The van der Waals surface area contributed by atoms with E-state index in [1.807, 2.05) is 16.8 Å². The number of benzene rings is 1. The number of carbonyl (C=O) groups excluding carboxylic acids is 2. The molecule has 4 rings (SSSR count). The van der Waals surface area contributed by atoms with Crippen molar-refractivity contribution in [3.05, 3.63) is 52.5 Å². The highest BCUT2D eigenvalue weighted by Crippen LogP contribution is 2.37. The highest BCUT2D eigenvalue weighted by atomic mass is 32.1. The zero-order valence-electron chi connectivity index (χ0n) is 12.3. The molecule has 1 aromatic heterocycles. The van der Waals surface area contributed by atoms with Crippen molar-refractivity contribution in [2.24, 2.45) is 0 Å². The monoisotopic (exact) mass is 330 g/mol. The van der Waals surface area contributed by atoms with E-state index in [0.717, 1.165) is 12.1 Å². The number of halogens is 1. The summed E-state index contributed by atoms with van der Waals surface area (Å²) < 4.78 is 13.9. The lowest BCUT2D eigenvalue weighted by Crippen LogP contribution is -2.40. The number of hydrogen-bond acceptors (Lipinski definition) is 3. The van der Waals surface area contributed by atoms with Crippen molar-refractivity contribution >= 4 is 28.8 Å². The van der Waals surface area contributed by atoms with E-state index in [1.165, 1.54) is 12.1 Å². The lowest BCUT2D eigenvalue weighted by Gasteiger charge is -2.25. The van der Waals surface area contributed by atoms with Gasteiger partial charge in [-0.1, -0.05) is 12.1 Å². The van der Waals surface area contributed by atoms with Crippen LogP contribution in [0.1, 0.15) is 23.2 Å². The molecule has 2 aliphatic rings. The molecule has 4 nitrogen and oxygen atoms in total. The summed E-state index contributed by atoms with van der Waals surface area (Å²) in [6, 6.07) is 7.75. The van der Waals surface area contributed by atoms with Crippen molar-refractivity contribution in [3.63, 3.8) is 0 Å². The average Bonchev–Trinajstić information content (AvgIpc) is 3.23. The van der Waals surface area contributed by atoms with Crippen LogP contribution in [0.15, 0.2) is 41.1 Å². The molecule has 118 valence electrons. The molecule has 2 atom stereocenters. The van der Waals surface area contributed by atoms with Gasteiger partial charge in [-0.05, 0) is 30.0 Å². The van der Waals surface area contributed by atoms with Gasteiger partial charge in [0.15, 0.2) is 0 Å². The van der Waals surface area contributed by atoms with Crippen molar-refractivity contribution in [1.82, 2.24) is 4.90 Å². The molecule has 1 aromatic carbocycles. The maximum absolute atomic E-state index is 13.9. The minimum Gasteiger partial charge on any atom is -0.333 e. The second-order valence-electron chi connectivity index (χ2n) is 5.85. The Labute approximate surface area is 137 Å². The fourth-order valence-electron chi connectivity index (χ4n) is 3.62. The number of anilines is 1. The molecule has 0 bridgehead atoms. The van der Waals surface area contributed by atoms with Gasteiger partial charge in [-0.15, -0.1) is 0 Å². The predicted molar refractivity (Wildman–Crippen MR) is 86.1 cm³/mol. The summed E-state index contributed by atoms with van der Waals surface area (Å²) in [5.74, 6) is -0.806. The fraction of sp³-hybridized carbons (Fsp3) is 0.294. The van der Waals surface area contributed by atoms with Gasteiger partial charge in [0, 0.05) is 18.3 Å². The minimum absolute atomic E-state index is 0.00664. The number of hydrogen-bond donors (Lipinski definition) is 0. The Morgan fingerprint density at radius 3 is 2.78 bits per heavy atom. The van der Waals surface area contributed by atoms with Gasteiger partial charge in [-0.3, -0.25) is 9.59 Å². The van der Waals surface area contributed by atoms with Gasteiger partial charge in [0.1, 0.15) is 5.82 Å². The minimum atomic E-state index is -0.514. The van der Waals surface area contributed by atoms with Gasteiger partial charge >= 0.3 is 0 Å². The summed E-state index contributed by atoms with van der Waals surface area (Å²) in [6.45, 7) is 0.552. The van der Waals surface area contributed by atoms with Crippen LogP contribution in [0.25, 0.3) is 0 Å². The molecule has 2 aromatic rings. The van der Waals surface area contributed by atoms with Gasteiger partial charge in [0.25, 0.3) is 5.91 Å². The molecular weight excluding hydrogens is 315 g/mol. The number of carbonyl (C=O) groups is 2. The maximum atomic E-state index is 13.9. The van der Waals surface area contributed by atoms with Crippen LogP contribution >= 0.6 is 11.3 Å². The molecule has 6 heteroatoms. The second-order valence-corrected chi connectivity index (χ2v) is 6.63. The van der Waals surface area contributed by atoms with E-state index in [-0.39, 0.29) is 29.5 Å². The number of nitrogens with zero attached hydrogens (tertiary/aromatic N) is 2. The first-order chi connectivity index (χ1) is 11.2. The topological polar surface area (TPSA) is 40.6 Å².